The third-order valence-electron chi connectivity index (χ3n) is 11.3. The first kappa shape index (κ1) is 36.5. The van der Waals surface area contributed by atoms with Gasteiger partial charge in [0, 0.05) is 47.3 Å². The molecule has 0 aromatic heterocycles. The normalized spacial score (nSPS) is 29.7. The number of hydrogen-bond acceptors (Lipinski definition) is 8. The maximum absolute atomic E-state index is 12.4. The second-order valence-electron chi connectivity index (χ2n) is 18.1. The van der Waals surface area contributed by atoms with Crippen LogP contribution in [0.25, 0.3) is 0 Å². The Bertz CT molecular complexity index is 850. The van der Waals surface area contributed by atoms with Gasteiger partial charge in [-0.15, -0.1) is 0 Å². The van der Waals surface area contributed by atoms with Gasteiger partial charge in [-0.1, -0.05) is 38.5 Å². The van der Waals surface area contributed by atoms with Crippen molar-refractivity contribution in [3.8, 4) is 0 Å². The Morgan fingerprint density at radius 1 is 0.682 bits per heavy atom. The Kier molecular flexibility index (Phi) is 12.3. The average molecular weight is 621 g/mol. The molecule has 0 spiro atoms. The highest BCUT2D eigenvalue weighted by atomic mass is 16.3. The molecule has 0 aromatic carbocycles. The SMILES string of the molecule is CC1(C)CC(NCC(O)C(C2CCCCC2)N(NC(C(O)CN)C2CCCCC2)C2CC(C)(C)NC(C)(C)C2)CC(C)(C)N1. The Labute approximate surface area is 270 Å². The predicted octanol–water partition coefficient (Wildman–Crippen LogP) is 4.58. The fraction of sp³-hybridized carbons (Fsp3) is 1.00. The summed E-state index contributed by atoms with van der Waals surface area (Å²) in [7, 11) is 0. The standard InChI is InChI=1S/C36H72N6O2/c1-33(2)19-27(20-34(3,4)40-33)38-24-30(44)32(26-17-13-10-14-18-26)42(28-21-35(5,6)41-36(7,8)22-28)39-31(29(43)23-37)25-15-11-9-12-16-25/h25-32,38-41,43-44H,9-24,37H2,1-8H3. The molecule has 4 atom stereocenters. The maximum atomic E-state index is 12.4. The molecule has 2 aliphatic heterocycles. The van der Waals surface area contributed by atoms with E-state index in [9.17, 15) is 10.2 Å². The van der Waals surface area contributed by atoms with Crippen LogP contribution >= 0.6 is 0 Å². The van der Waals surface area contributed by atoms with E-state index >= 15 is 0 Å². The van der Waals surface area contributed by atoms with E-state index in [1.165, 1.54) is 38.5 Å². The zero-order chi connectivity index (χ0) is 32.3. The highest BCUT2D eigenvalue weighted by Gasteiger charge is 2.47. The highest BCUT2D eigenvalue weighted by Crippen LogP contribution is 2.38. The second kappa shape index (κ2) is 14.8. The van der Waals surface area contributed by atoms with E-state index < -0.39 is 12.2 Å². The molecule has 2 aliphatic carbocycles. The summed E-state index contributed by atoms with van der Waals surface area (Å²) in [5.74, 6) is 0.811. The van der Waals surface area contributed by atoms with Crippen LogP contribution in [0.3, 0.4) is 0 Å². The summed E-state index contributed by atoms with van der Waals surface area (Å²) < 4.78 is 0. The van der Waals surface area contributed by atoms with Crippen LogP contribution in [0.5, 0.6) is 0 Å². The van der Waals surface area contributed by atoms with Crippen LogP contribution in [0.1, 0.15) is 145 Å². The van der Waals surface area contributed by atoms with Crippen molar-refractivity contribution in [2.24, 2.45) is 17.6 Å². The quantitative estimate of drug-likeness (QED) is 0.159. The van der Waals surface area contributed by atoms with Crippen molar-refractivity contribution in [1.29, 1.82) is 0 Å². The van der Waals surface area contributed by atoms with Crippen molar-refractivity contribution in [3.63, 3.8) is 0 Å². The molecule has 8 heteroatoms. The molecule has 4 unspecified atom stereocenters. The molecule has 8 N–H and O–H groups in total. The summed E-state index contributed by atoms with van der Waals surface area (Å²) in [6, 6.07) is 0.459. The van der Waals surface area contributed by atoms with E-state index in [0.29, 0.717) is 24.4 Å². The summed E-state index contributed by atoms with van der Waals surface area (Å²) in [5, 5.41) is 37.9. The molecule has 44 heavy (non-hydrogen) atoms. The summed E-state index contributed by atoms with van der Waals surface area (Å²) in [6.07, 6.45) is 15.0. The number of nitrogens with two attached hydrogens (primary N) is 1. The fourth-order valence-corrected chi connectivity index (χ4v) is 10.3. The molecule has 0 radical (unpaired) electrons. The molecule has 0 bridgehead atoms. The molecule has 8 nitrogen and oxygen atoms in total. The number of piperidine rings is 2. The van der Waals surface area contributed by atoms with Gasteiger partial charge in [0.2, 0.25) is 0 Å². The van der Waals surface area contributed by atoms with E-state index in [4.69, 9.17) is 5.73 Å². The van der Waals surface area contributed by atoms with Gasteiger partial charge < -0.3 is 31.9 Å². The van der Waals surface area contributed by atoms with E-state index in [0.717, 1.165) is 51.4 Å². The Morgan fingerprint density at radius 3 is 1.61 bits per heavy atom. The number of nitrogens with one attached hydrogen (secondary N) is 4. The molecular formula is C36H72N6O2. The third kappa shape index (κ3) is 10.1. The van der Waals surface area contributed by atoms with Crippen molar-refractivity contribution >= 4 is 0 Å². The molecule has 258 valence electrons. The Balaban J connectivity index is 1.66. The monoisotopic (exact) mass is 621 g/mol. The second-order valence-corrected chi connectivity index (χ2v) is 18.1. The van der Waals surface area contributed by atoms with Gasteiger partial charge in [0.1, 0.15) is 0 Å². The largest absolute Gasteiger partial charge is 0.390 e. The summed E-state index contributed by atoms with van der Waals surface area (Å²) in [5.41, 5.74) is 10.3. The fourth-order valence-electron chi connectivity index (χ4n) is 10.3. The van der Waals surface area contributed by atoms with E-state index in [2.05, 4.69) is 81.8 Å². The highest BCUT2D eigenvalue weighted by molar-refractivity contribution is 5.04. The van der Waals surface area contributed by atoms with Crippen molar-refractivity contribution in [2.75, 3.05) is 13.1 Å². The van der Waals surface area contributed by atoms with Crippen LogP contribution < -0.4 is 27.1 Å². The molecule has 2 saturated heterocycles. The zero-order valence-electron chi connectivity index (χ0n) is 29.9. The minimum Gasteiger partial charge on any atom is -0.390 e. The average Bonchev–Trinajstić information content (AvgIpc) is 2.91. The van der Waals surface area contributed by atoms with Crippen molar-refractivity contribution < 1.29 is 10.2 Å². The molecule has 4 fully saturated rings. The summed E-state index contributed by atoms with van der Waals surface area (Å²) in [4.78, 5) is 0. The van der Waals surface area contributed by atoms with Gasteiger partial charge in [-0.05, 0) is 119 Å². The number of rotatable bonds is 12. The first-order valence-electron chi connectivity index (χ1n) is 18.4. The van der Waals surface area contributed by atoms with Gasteiger partial charge in [-0.3, -0.25) is 0 Å². The lowest BCUT2D eigenvalue weighted by atomic mass is 9.76. The number of aliphatic hydroxyl groups is 2. The smallest absolute Gasteiger partial charge is 0.0836 e. The summed E-state index contributed by atoms with van der Waals surface area (Å²) in [6.45, 7) is 19.3. The van der Waals surface area contributed by atoms with E-state index in [-0.39, 0.29) is 46.8 Å². The number of nitrogens with zero attached hydrogens (tertiary/aromatic N) is 1. The lowest BCUT2D eigenvalue weighted by Crippen LogP contribution is -2.70. The minimum atomic E-state index is -0.607. The van der Waals surface area contributed by atoms with Crippen molar-refractivity contribution in [1.82, 2.24) is 26.4 Å². The first-order valence-corrected chi connectivity index (χ1v) is 18.4. The van der Waals surface area contributed by atoms with Gasteiger partial charge in [-0.25, -0.2) is 10.4 Å². The van der Waals surface area contributed by atoms with Crippen molar-refractivity contribution in [3.05, 3.63) is 0 Å². The van der Waals surface area contributed by atoms with Gasteiger partial charge in [0.25, 0.3) is 0 Å². The Morgan fingerprint density at radius 2 is 1.14 bits per heavy atom. The number of hydrazine groups is 1. The van der Waals surface area contributed by atoms with Gasteiger partial charge in [0.05, 0.1) is 24.3 Å². The lowest BCUT2D eigenvalue weighted by molar-refractivity contribution is -0.0956. The molecule has 2 heterocycles. The molecule has 4 rings (SSSR count). The summed E-state index contributed by atoms with van der Waals surface area (Å²) >= 11 is 0. The van der Waals surface area contributed by atoms with Crippen LogP contribution in [0, 0.1) is 11.8 Å². The van der Waals surface area contributed by atoms with E-state index in [1.54, 1.807) is 0 Å². The maximum Gasteiger partial charge on any atom is 0.0836 e. The topological polar surface area (TPSA) is 118 Å². The number of hydrogen-bond donors (Lipinski definition) is 7. The van der Waals surface area contributed by atoms with Crippen LogP contribution in [0.2, 0.25) is 0 Å². The lowest BCUT2D eigenvalue weighted by Gasteiger charge is -2.54. The first-order chi connectivity index (χ1) is 20.5. The third-order valence-corrected chi connectivity index (χ3v) is 11.3. The molecule has 0 aromatic rings. The predicted molar refractivity (Wildman–Crippen MR) is 183 cm³/mol. The van der Waals surface area contributed by atoms with Gasteiger partial charge in [-0.2, -0.15) is 0 Å². The zero-order valence-corrected chi connectivity index (χ0v) is 29.9. The van der Waals surface area contributed by atoms with Crippen LogP contribution in [0.15, 0.2) is 0 Å². The van der Waals surface area contributed by atoms with Crippen LogP contribution in [-0.4, -0.2) is 86.8 Å². The number of aliphatic hydroxyl groups excluding tert-OH is 2. The molecule has 4 aliphatic rings. The van der Waals surface area contributed by atoms with Gasteiger partial charge >= 0.3 is 0 Å². The minimum absolute atomic E-state index is 0.0312. The van der Waals surface area contributed by atoms with Gasteiger partial charge in [0.15, 0.2) is 0 Å². The van der Waals surface area contributed by atoms with Crippen LogP contribution in [0.4, 0.5) is 0 Å². The van der Waals surface area contributed by atoms with Crippen LogP contribution in [-0.2, 0) is 0 Å². The molecule has 0 amide bonds. The molecule has 2 saturated carbocycles. The van der Waals surface area contributed by atoms with Crippen molar-refractivity contribution in [2.45, 2.75) is 204 Å². The van der Waals surface area contributed by atoms with E-state index in [1.807, 2.05) is 0 Å². The molecular weight excluding hydrogens is 548 g/mol. The Hall–Kier alpha value is -0.320.